The molecule has 1 atom stereocenters. The molecule has 1 amide bonds. The number of rotatable bonds is 7. The minimum atomic E-state index is -0.621. The number of nitrogens with two attached hydrogens (primary N) is 1. The fourth-order valence-electron chi connectivity index (χ4n) is 2.16. The van der Waals surface area contributed by atoms with Gasteiger partial charge in [-0.15, -0.1) is 0 Å². The lowest BCUT2D eigenvalue weighted by Crippen LogP contribution is -2.50. The fourth-order valence-corrected chi connectivity index (χ4v) is 2.16. The monoisotopic (exact) mass is 248 g/mol. The number of anilines is 1. The number of carbonyl (C=O) groups is 1. The third kappa shape index (κ3) is 3.49. The summed E-state index contributed by atoms with van der Waals surface area (Å²) in [5.41, 5.74) is 7.12. The molecule has 0 aromatic heterocycles. The number of amides is 1. The van der Waals surface area contributed by atoms with Crippen molar-refractivity contribution in [2.24, 2.45) is 5.73 Å². The Labute approximate surface area is 110 Å². The molecule has 1 rings (SSSR count). The van der Waals surface area contributed by atoms with E-state index in [9.17, 15) is 4.79 Å². The molecule has 100 valence electrons. The van der Waals surface area contributed by atoms with Gasteiger partial charge in [0.2, 0.25) is 5.91 Å². The highest BCUT2D eigenvalue weighted by atomic mass is 16.1. The molecule has 0 aliphatic carbocycles. The van der Waals surface area contributed by atoms with Crippen LogP contribution in [0.15, 0.2) is 24.3 Å². The summed E-state index contributed by atoms with van der Waals surface area (Å²) >= 11 is 0. The van der Waals surface area contributed by atoms with Crippen molar-refractivity contribution in [2.75, 3.05) is 5.32 Å². The van der Waals surface area contributed by atoms with Crippen LogP contribution < -0.4 is 11.1 Å². The fraction of sp³-hybridized carbons (Fsp3) is 0.533. The molecule has 0 aliphatic heterocycles. The largest absolute Gasteiger partial charge is 0.371 e. The summed E-state index contributed by atoms with van der Waals surface area (Å²) in [7, 11) is 0. The molecule has 3 nitrogen and oxygen atoms in total. The second-order valence-electron chi connectivity index (χ2n) is 4.90. The van der Waals surface area contributed by atoms with Gasteiger partial charge < -0.3 is 11.1 Å². The van der Waals surface area contributed by atoms with Crippen LogP contribution in [0, 0.1) is 6.92 Å². The van der Waals surface area contributed by atoms with Crippen molar-refractivity contribution in [3.8, 4) is 0 Å². The van der Waals surface area contributed by atoms with Crippen LogP contribution in [-0.2, 0) is 4.79 Å². The molecule has 0 saturated carbocycles. The summed E-state index contributed by atoms with van der Waals surface area (Å²) < 4.78 is 0. The van der Waals surface area contributed by atoms with E-state index in [4.69, 9.17) is 5.73 Å². The van der Waals surface area contributed by atoms with Gasteiger partial charge in [-0.05, 0) is 37.5 Å². The van der Waals surface area contributed by atoms with Gasteiger partial charge in [-0.2, -0.15) is 0 Å². The van der Waals surface area contributed by atoms with E-state index in [2.05, 4.69) is 12.2 Å². The van der Waals surface area contributed by atoms with E-state index < -0.39 is 5.54 Å². The van der Waals surface area contributed by atoms with E-state index in [1.165, 1.54) is 5.56 Å². The highest BCUT2D eigenvalue weighted by molar-refractivity contribution is 5.87. The van der Waals surface area contributed by atoms with Crippen LogP contribution in [0.3, 0.4) is 0 Å². The molecule has 1 aromatic carbocycles. The van der Waals surface area contributed by atoms with Crippen LogP contribution in [-0.4, -0.2) is 11.4 Å². The maximum absolute atomic E-state index is 11.8. The predicted molar refractivity (Wildman–Crippen MR) is 76.5 cm³/mol. The second-order valence-corrected chi connectivity index (χ2v) is 4.90. The molecule has 0 spiro atoms. The molecular formula is C15H24N2O. The number of primary amides is 1. The Kier molecular flexibility index (Phi) is 5.20. The van der Waals surface area contributed by atoms with Gasteiger partial charge in [-0.25, -0.2) is 0 Å². The molecule has 0 fully saturated rings. The number of hydrogen-bond donors (Lipinski definition) is 2. The van der Waals surface area contributed by atoms with Crippen LogP contribution in [0.2, 0.25) is 0 Å². The Balaban J connectivity index is 2.93. The maximum atomic E-state index is 11.8. The van der Waals surface area contributed by atoms with Gasteiger partial charge >= 0.3 is 0 Å². The Hall–Kier alpha value is -1.51. The molecule has 0 heterocycles. The molecule has 3 N–H and O–H groups in total. The highest BCUT2D eigenvalue weighted by Gasteiger charge is 2.33. The number of aryl methyl sites for hydroxylation is 1. The SMILES string of the molecule is CCCCC(CC)(Nc1cccc(C)c1)C(N)=O. The summed E-state index contributed by atoms with van der Waals surface area (Å²) in [5.74, 6) is -0.264. The Morgan fingerprint density at radius 2 is 2.11 bits per heavy atom. The van der Waals surface area contributed by atoms with Crippen LogP contribution in [0.4, 0.5) is 5.69 Å². The van der Waals surface area contributed by atoms with Crippen molar-refractivity contribution in [3.05, 3.63) is 29.8 Å². The molecule has 0 bridgehead atoms. The average molecular weight is 248 g/mol. The van der Waals surface area contributed by atoms with Gasteiger partial charge in [0, 0.05) is 5.69 Å². The summed E-state index contributed by atoms with van der Waals surface area (Å²) in [6.07, 6.45) is 3.54. The van der Waals surface area contributed by atoms with Crippen LogP contribution in [0.1, 0.15) is 45.1 Å². The quantitative estimate of drug-likeness (QED) is 0.778. The summed E-state index contributed by atoms with van der Waals surface area (Å²) in [6, 6.07) is 8.04. The first-order valence-corrected chi connectivity index (χ1v) is 6.69. The number of unbranched alkanes of at least 4 members (excludes halogenated alkanes) is 1. The van der Waals surface area contributed by atoms with Gasteiger partial charge in [0.15, 0.2) is 0 Å². The van der Waals surface area contributed by atoms with Gasteiger partial charge in [0.1, 0.15) is 5.54 Å². The number of nitrogens with one attached hydrogen (secondary N) is 1. The third-order valence-corrected chi connectivity index (χ3v) is 3.43. The topological polar surface area (TPSA) is 55.1 Å². The lowest BCUT2D eigenvalue weighted by atomic mass is 9.88. The lowest BCUT2D eigenvalue weighted by molar-refractivity contribution is -0.122. The zero-order chi connectivity index (χ0) is 13.6. The number of benzene rings is 1. The van der Waals surface area contributed by atoms with E-state index in [-0.39, 0.29) is 5.91 Å². The number of hydrogen-bond acceptors (Lipinski definition) is 2. The molecule has 0 saturated heterocycles. The number of carbonyl (C=O) groups excluding carboxylic acids is 1. The average Bonchev–Trinajstić information content (AvgIpc) is 2.34. The first-order chi connectivity index (χ1) is 8.54. The van der Waals surface area contributed by atoms with Crippen molar-refractivity contribution in [2.45, 2.75) is 52.0 Å². The third-order valence-electron chi connectivity index (χ3n) is 3.43. The lowest BCUT2D eigenvalue weighted by Gasteiger charge is -2.32. The van der Waals surface area contributed by atoms with Gasteiger partial charge in [0.05, 0.1) is 0 Å². The zero-order valence-electron chi connectivity index (χ0n) is 11.6. The van der Waals surface area contributed by atoms with Crippen LogP contribution in [0.5, 0.6) is 0 Å². The van der Waals surface area contributed by atoms with Crippen LogP contribution in [0.25, 0.3) is 0 Å². The van der Waals surface area contributed by atoms with Crippen molar-refractivity contribution < 1.29 is 4.79 Å². The van der Waals surface area contributed by atoms with Gasteiger partial charge in [0.25, 0.3) is 0 Å². The van der Waals surface area contributed by atoms with Crippen LogP contribution >= 0.6 is 0 Å². The summed E-state index contributed by atoms with van der Waals surface area (Å²) in [6.45, 7) is 6.16. The van der Waals surface area contributed by atoms with E-state index >= 15 is 0 Å². The molecule has 18 heavy (non-hydrogen) atoms. The smallest absolute Gasteiger partial charge is 0.243 e. The van der Waals surface area contributed by atoms with E-state index in [0.29, 0.717) is 6.42 Å². The summed E-state index contributed by atoms with van der Waals surface area (Å²) in [4.78, 5) is 11.8. The van der Waals surface area contributed by atoms with Gasteiger partial charge in [-0.3, -0.25) is 4.79 Å². The second kappa shape index (κ2) is 6.43. The molecule has 1 unspecified atom stereocenters. The minimum absolute atomic E-state index is 0.264. The van der Waals surface area contributed by atoms with Gasteiger partial charge in [-0.1, -0.05) is 38.8 Å². The molecule has 1 aromatic rings. The van der Waals surface area contributed by atoms with Crippen molar-refractivity contribution >= 4 is 11.6 Å². The van der Waals surface area contributed by atoms with Crippen molar-refractivity contribution in [1.29, 1.82) is 0 Å². The first-order valence-electron chi connectivity index (χ1n) is 6.69. The van der Waals surface area contributed by atoms with E-state index in [1.54, 1.807) is 0 Å². The molecule has 0 radical (unpaired) electrons. The van der Waals surface area contributed by atoms with E-state index in [0.717, 1.165) is 24.9 Å². The molecule has 0 aliphatic rings. The summed E-state index contributed by atoms with van der Waals surface area (Å²) in [5, 5.41) is 3.34. The predicted octanol–water partition coefficient (Wildman–Crippen LogP) is 3.23. The first kappa shape index (κ1) is 14.6. The standard InChI is InChI=1S/C15H24N2O/c1-4-6-10-15(5-2,14(16)18)17-13-9-7-8-12(3)11-13/h7-9,11,17H,4-6,10H2,1-3H3,(H2,16,18). The van der Waals surface area contributed by atoms with Crippen molar-refractivity contribution in [3.63, 3.8) is 0 Å². The molecular weight excluding hydrogens is 224 g/mol. The minimum Gasteiger partial charge on any atom is -0.371 e. The Morgan fingerprint density at radius 3 is 2.61 bits per heavy atom. The Bertz CT molecular complexity index is 403. The molecule has 3 heteroatoms. The van der Waals surface area contributed by atoms with Crippen molar-refractivity contribution in [1.82, 2.24) is 0 Å². The van der Waals surface area contributed by atoms with E-state index in [1.807, 2.05) is 38.1 Å². The normalized spacial score (nSPS) is 13.9. The maximum Gasteiger partial charge on any atom is 0.243 e. The Morgan fingerprint density at radius 1 is 1.39 bits per heavy atom. The highest BCUT2D eigenvalue weighted by Crippen LogP contribution is 2.25. The zero-order valence-corrected chi connectivity index (χ0v) is 11.6.